The van der Waals surface area contributed by atoms with Crippen LogP contribution in [0.1, 0.15) is 36.1 Å². The highest BCUT2D eigenvalue weighted by Crippen LogP contribution is 2.26. The molecular weight excluding hydrogens is 328 g/mol. The molecule has 3 aromatic rings. The van der Waals surface area contributed by atoms with E-state index in [1.165, 1.54) is 0 Å². The van der Waals surface area contributed by atoms with E-state index in [4.69, 9.17) is 16.0 Å². The average molecular weight is 345 g/mol. The monoisotopic (exact) mass is 344 g/mol. The molecule has 0 fully saturated rings. The summed E-state index contributed by atoms with van der Waals surface area (Å²) in [6.45, 7) is 0.393. The lowest BCUT2D eigenvalue weighted by molar-refractivity contribution is 0.549. The van der Waals surface area contributed by atoms with Gasteiger partial charge in [-0.15, -0.1) is 0 Å². The van der Waals surface area contributed by atoms with Crippen LogP contribution in [-0.2, 0) is 19.4 Å². The fourth-order valence-electron chi connectivity index (χ4n) is 3.52. The highest BCUT2D eigenvalue weighted by molar-refractivity contribution is 6.31. The molecule has 0 radical (unpaired) electrons. The van der Waals surface area contributed by atoms with Crippen LogP contribution < -0.4 is 11.3 Å². The molecular formula is C18H17ClN2O3. The molecule has 0 atom stereocenters. The minimum atomic E-state index is -0.580. The normalized spacial score (nSPS) is 14.5. The lowest BCUT2D eigenvalue weighted by Gasteiger charge is -2.16. The van der Waals surface area contributed by atoms with E-state index < -0.39 is 5.76 Å². The van der Waals surface area contributed by atoms with Crippen LogP contribution in [0.25, 0.3) is 11.1 Å². The summed E-state index contributed by atoms with van der Waals surface area (Å²) in [5.41, 5.74) is 3.29. The fraction of sp³-hybridized carbons (Fsp3) is 0.333. The van der Waals surface area contributed by atoms with Crippen LogP contribution in [0.2, 0.25) is 5.02 Å². The first kappa shape index (κ1) is 15.3. The maximum Gasteiger partial charge on any atom is 0.417 e. The van der Waals surface area contributed by atoms with Gasteiger partial charge >= 0.3 is 5.76 Å². The topological polar surface area (TPSA) is 68.0 Å². The molecule has 1 aliphatic rings. The van der Waals surface area contributed by atoms with Gasteiger partial charge < -0.3 is 8.98 Å². The number of halogens is 1. The van der Waals surface area contributed by atoms with Crippen LogP contribution in [0.15, 0.2) is 38.3 Å². The highest BCUT2D eigenvalue weighted by Gasteiger charge is 2.22. The second-order valence-electron chi connectivity index (χ2n) is 6.19. The summed E-state index contributed by atoms with van der Waals surface area (Å²) in [5.74, 6) is -0.580. The second kappa shape index (κ2) is 5.98. The third-order valence-electron chi connectivity index (χ3n) is 4.68. The number of rotatable bonds is 2. The van der Waals surface area contributed by atoms with Gasteiger partial charge in [0.05, 0.1) is 6.54 Å². The number of oxazole rings is 1. The Morgan fingerprint density at radius 1 is 1.12 bits per heavy atom. The van der Waals surface area contributed by atoms with Crippen molar-refractivity contribution in [3.63, 3.8) is 0 Å². The Morgan fingerprint density at radius 2 is 1.92 bits per heavy atom. The molecule has 0 amide bonds. The van der Waals surface area contributed by atoms with Crippen molar-refractivity contribution in [3.05, 3.63) is 67.0 Å². The molecule has 0 unspecified atom stereocenters. The maximum absolute atomic E-state index is 12.9. The van der Waals surface area contributed by atoms with Crippen LogP contribution in [0.5, 0.6) is 0 Å². The standard InChI is InChI=1S/C18H17ClN2O3/c19-13-8-5-4-6-11(13)10-21-14-9-3-1-2-7-12(14)16-15(17(21)22)20-18(23)24-16/h4-6,8H,1-3,7,9-10H2,(H,20,23). The van der Waals surface area contributed by atoms with Gasteiger partial charge in [0.25, 0.3) is 5.56 Å². The van der Waals surface area contributed by atoms with E-state index in [-0.39, 0.29) is 11.1 Å². The predicted molar refractivity (Wildman–Crippen MR) is 92.9 cm³/mol. The molecule has 124 valence electrons. The Labute approximate surface area is 142 Å². The van der Waals surface area contributed by atoms with E-state index in [0.29, 0.717) is 17.2 Å². The van der Waals surface area contributed by atoms with E-state index >= 15 is 0 Å². The third-order valence-corrected chi connectivity index (χ3v) is 5.05. The van der Waals surface area contributed by atoms with Gasteiger partial charge in [-0.1, -0.05) is 36.2 Å². The summed E-state index contributed by atoms with van der Waals surface area (Å²) in [7, 11) is 0. The van der Waals surface area contributed by atoms with Gasteiger partial charge in [-0.05, 0) is 37.3 Å². The zero-order valence-corrected chi connectivity index (χ0v) is 13.9. The van der Waals surface area contributed by atoms with E-state index in [2.05, 4.69) is 4.98 Å². The minimum Gasteiger partial charge on any atom is -0.407 e. The molecule has 24 heavy (non-hydrogen) atoms. The molecule has 2 aromatic heterocycles. The number of aromatic nitrogens is 2. The molecule has 2 heterocycles. The second-order valence-corrected chi connectivity index (χ2v) is 6.59. The Balaban J connectivity index is 1.99. The number of benzene rings is 1. The van der Waals surface area contributed by atoms with Crippen LogP contribution in [0.4, 0.5) is 0 Å². The van der Waals surface area contributed by atoms with E-state index in [1.54, 1.807) is 4.57 Å². The van der Waals surface area contributed by atoms with Gasteiger partial charge in [-0.2, -0.15) is 0 Å². The maximum atomic E-state index is 12.9. The van der Waals surface area contributed by atoms with Gasteiger partial charge in [0, 0.05) is 16.3 Å². The summed E-state index contributed by atoms with van der Waals surface area (Å²) in [4.78, 5) is 27.1. The number of hydrogen-bond acceptors (Lipinski definition) is 3. The van der Waals surface area contributed by atoms with Crippen LogP contribution in [0, 0.1) is 0 Å². The molecule has 0 bridgehead atoms. The summed E-state index contributed by atoms with van der Waals surface area (Å²) in [6.07, 6.45) is 4.77. The SMILES string of the molecule is O=c1[nH]c2c(=O)n(Cc3ccccc3Cl)c3c(c2o1)CCCCC3. The highest BCUT2D eigenvalue weighted by atomic mass is 35.5. The number of aryl methyl sites for hydroxylation is 1. The quantitative estimate of drug-likeness (QED) is 0.725. The molecule has 0 aliphatic heterocycles. The van der Waals surface area contributed by atoms with Gasteiger partial charge in [-0.25, -0.2) is 4.79 Å². The first-order valence-corrected chi connectivity index (χ1v) is 8.53. The van der Waals surface area contributed by atoms with Crippen LogP contribution in [0.3, 0.4) is 0 Å². The Bertz CT molecular complexity index is 1030. The summed E-state index contributed by atoms with van der Waals surface area (Å²) < 4.78 is 7.03. The summed E-state index contributed by atoms with van der Waals surface area (Å²) in [5, 5.41) is 0.632. The predicted octanol–water partition coefficient (Wildman–Crippen LogP) is 3.25. The molecule has 6 heteroatoms. The van der Waals surface area contributed by atoms with Crippen molar-refractivity contribution in [2.45, 2.75) is 38.6 Å². The largest absolute Gasteiger partial charge is 0.417 e. The molecule has 1 aliphatic carbocycles. The van der Waals surface area contributed by atoms with Gasteiger partial charge in [0.15, 0.2) is 11.1 Å². The number of fused-ring (bicyclic) bond motifs is 3. The van der Waals surface area contributed by atoms with Gasteiger partial charge in [0.1, 0.15) is 0 Å². The number of hydrogen-bond donors (Lipinski definition) is 1. The molecule has 0 saturated heterocycles. The lowest BCUT2D eigenvalue weighted by Crippen LogP contribution is -2.26. The van der Waals surface area contributed by atoms with E-state index in [0.717, 1.165) is 48.9 Å². The molecule has 5 nitrogen and oxygen atoms in total. The zero-order chi connectivity index (χ0) is 16.7. The average Bonchev–Trinajstić information content (AvgIpc) is 2.80. The first-order valence-electron chi connectivity index (χ1n) is 8.16. The van der Waals surface area contributed by atoms with E-state index in [9.17, 15) is 9.59 Å². The van der Waals surface area contributed by atoms with Gasteiger partial charge in [-0.3, -0.25) is 9.78 Å². The molecule has 0 spiro atoms. The zero-order valence-electron chi connectivity index (χ0n) is 13.1. The van der Waals surface area contributed by atoms with Crippen molar-refractivity contribution in [2.24, 2.45) is 0 Å². The Kier molecular flexibility index (Phi) is 3.81. The molecule has 0 saturated carbocycles. The van der Waals surface area contributed by atoms with Crippen LogP contribution in [-0.4, -0.2) is 9.55 Å². The first-order chi connectivity index (χ1) is 11.6. The molecule has 1 N–H and O–H groups in total. The van der Waals surface area contributed by atoms with Crippen molar-refractivity contribution in [1.29, 1.82) is 0 Å². The molecule has 4 rings (SSSR count). The smallest absolute Gasteiger partial charge is 0.407 e. The number of nitrogens with zero attached hydrogens (tertiary/aromatic N) is 1. The fourth-order valence-corrected chi connectivity index (χ4v) is 3.72. The number of aromatic amines is 1. The third kappa shape index (κ3) is 2.49. The molecule has 1 aromatic carbocycles. The Morgan fingerprint density at radius 3 is 2.75 bits per heavy atom. The minimum absolute atomic E-state index is 0.226. The lowest BCUT2D eigenvalue weighted by atomic mass is 10.1. The Hall–Kier alpha value is -2.27. The van der Waals surface area contributed by atoms with Crippen molar-refractivity contribution in [2.75, 3.05) is 0 Å². The van der Waals surface area contributed by atoms with Crippen LogP contribution >= 0.6 is 11.6 Å². The van der Waals surface area contributed by atoms with E-state index in [1.807, 2.05) is 24.3 Å². The van der Waals surface area contributed by atoms with Crippen molar-refractivity contribution in [1.82, 2.24) is 9.55 Å². The summed E-state index contributed by atoms with van der Waals surface area (Å²) in [6, 6.07) is 7.51. The number of H-pyrrole nitrogens is 1. The number of pyridine rings is 1. The van der Waals surface area contributed by atoms with Gasteiger partial charge in [0.2, 0.25) is 0 Å². The number of nitrogens with one attached hydrogen (secondary N) is 1. The van der Waals surface area contributed by atoms with Crippen molar-refractivity contribution < 1.29 is 4.42 Å². The summed E-state index contributed by atoms with van der Waals surface area (Å²) >= 11 is 6.27. The van der Waals surface area contributed by atoms with Crippen molar-refractivity contribution in [3.8, 4) is 0 Å². The van der Waals surface area contributed by atoms with Crippen molar-refractivity contribution >= 4 is 22.7 Å².